The summed E-state index contributed by atoms with van der Waals surface area (Å²) in [6.45, 7) is 7.10. The van der Waals surface area contributed by atoms with E-state index in [0.717, 1.165) is 18.4 Å². The molecule has 0 amide bonds. The van der Waals surface area contributed by atoms with Crippen molar-refractivity contribution < 1.29 is 0 Å². The van der Waals surface area contributed by atoms with Crippen molar-refractivity contribution in [3.05, 3.63) is 23.9 Å². The van der Waals surface area contributed by atoms with E-state index in [2.05, 4.69) is 33.1 Å². The summed E-state index contributed by atoms with van der Waals surface area (Å²) in [5, 5.41) is 3.21. The summed E-state index contributed by atoms with van der Waals surface area (Å²) in [5.41, 5.74) is 1.31. The number of aromatic nitrogens is 1. The fourth-order valence-electron chi connectivity index (χ4n) is 3.64. The summed E-state index contributed by atoms with van der Waals surface area (Å²) in [5.74, 6) is 1.02. The van der Waals surface area contributed by atoms with Crippen LogP contribution in [-0.4, -0.2) is 53.5 Å². The van der Waals surface area contributed by atoms with E-state index in [4.69, 9.17) is 0 Å². The van der Waals surface area contributed by atoms with Crippen molar-refractivity contribution in [2.45, 2.75) is 44.8 Å². The summed E-state index contributed by atoms with van der Waals surface area (Å²) >= 11 is 0. The van der Waals surface area contributed by atoms with Gasteiger partial charge in [-0.3, -0.25) is 9.80 Å². The van der Waals surface area contributed by atoms with E-state index in [1.165, 1.54) is 44.5 Å². The molecule has 0 spiro atoms. The van der Waals surface area contributed by atoms with Gasteiger partial charge in [0.05, 0.1) is 0 Å². The van der Waals surface area contributed by atoms with Crippen LogP contribution in [0.1, 0.15) is 31.7 Å². The highest BCUT2D eigenvalue weighted by Gasteiger charge is 2.32. The summed E-state index contributed by atoms with van der Waals surface area (Å²) in [6.07, 6.45) is 6.01. The van der Waals surface area contributed by atoms with Crippen molar-refractivity contribution in [2.75, 3.05) is 32.0 Å². The van der Waals surface area contributed by atoms with Crippen molar-refractivity contribution in [3.63, 3.8) is 0 Å². The number of rotatable bonds is 3. The minimum Gasteiger partial charge on any atom is -0.373 e. The van der Waals surface area contributed by atoms with E-state index in [9.17, 15) is 0 Å². The zero-order valence-electron chi connectivity index (χ0n) is 12.7. The zero-order valence-corrected chi connectivity index (χ0v) is 12.7. The molecule has 110 valence electrons. The first kappa shape index (κ1) is 13.8. The summed E-state index contributed by atoms with van der Waals surface area (Å²) < 4.78 is 0. The van der Waals surface area contributed by atoms with E-state index in [-0.39, 0.29) is 0 Å². The molecule has 3 heterocycles. The Morgan fingerprint density at radius 3 is 3.10 bits per heavy atom. The number of nitrogens with one attached hydrogen (secondary N) is 1. The Bertz CT molecular complexity index is 448. The molecule has 1 N–H and O–H groups in total. The first-order valence-electron chi connectivity index (χ1n) is 7.87. The third-order valence-corrected chi connectivity index (χ3v) is 4.82. The van der Waals surface area contributed by atoms with Gasteiger partial charge in [0.2, 0.25) is 0 Å². The largest absolute Gasteiger partial charge is 0.373 e. The van der Waals surface area contributed by atoms with Gasteiger partial charge in [0.25, 0.3) is 0 Å². The van der Waals surface area contributed by atoms with Crippen molar-refractivity contribution in [2.24, 2.45) is 0 Å². The van der Waals surface area contributed by atoms with Crippen LogP contribution in [0.5, 0.6) is 0 Å². The number of fused-ring (bicyclic) bond motifs is 1. The number of hydrogen-bond acceptors (Lipinski definition) is 4. The van der Waals surface area contributed by atoms with Crippen LogP contribution in [0, 0.1) is 0 Å². The highest BCUT2D eigenvalue weighted by atomic mass is 15.3. The molecular formula is C16H26N4. The molecule has 0 saturated carbocycles. The minimum atomic E-state index is 0.634. The molecule has 1 aromatic rings. The Labute approximate surface area is 122 Å². The average Bonchev–Trinajstić information content (AvgIpc) is 2.48. The van der Waals surface area contributed by atoms with Crippen LogP contribution < -0.4 is 5.32 Å². The van der Waals surface area contributed by atoms with Crippen LogP contribution in [0.2, 0.25) is 0 Å². The molecule has 3 rings (SSSR count). The van der Waals surface area contributed by atoms with Crippen LogP contribution in [0.25, 0.3) is 0 Å². The van der Waals surface area contributed by atoms with Crippen LogP contribution in [0.4, 0.5) is 5.82 Å². The van der Waals surface area contributed by atoms with Gasteiger partial charge in [-0.15, -0.1) is 0 Å². The topological polar surface area (TPSA) is 31.4 Å². The molecule has 20 heavy (non-hydrogen) atoms. The summed E-state index contributed by atoms with van der Waals surface area (Å²) in [6, 6.07) is 5.64. The van der Waals surface area contributed by atoms with Gasteiger partial charge in [-0.05, 0) is 32.4 Å². The molecule has 1 aromatic heterocycles. The molecule has 0 bridgehead atoms. The molecule has 2 atom stereocenters. The Morgan fingerprint density at radius 2 is 2.25 bits per heavy atom. The van der Waals surface area contributed by atoms with Crippen molar-refractivity contribution >= 4 is 5.82 Å². The maximum atomic E-state index is 4.42. The van der Waals surface area contributed by atoms with E-state index >= 15 is 0 Å². The molecule has 2 aliphatic rings. The molecular weight excluding hydrogens is 248 g/mol. The van der Waals surface area contributed by atoms with Crippen molar-refractivity contribution in [1.29, 1.82) is 0 Å². The molecule has 2 fully saturated rings. The summed E-state index contributed by atoms with van der Waals surface area (Å²) in [7, 11) is 1.95. The van der Waals surface area contributed by atoms with E-state index in [1.807, 2.05) is 19.3 Å². The predicted molar refractivity (Wildman–Crippen MR) is 82.9 cm³/mol. The number of piperidine rings is 1. The second-order valence-corrected chi connectivity index (χ2v) is 6.18. The Hall–Kier alpha value is -1.13. The first-order valence-corrected chi connectivity index (χ1v) is 7.87. The van der Waals surface area contributed by atoms with Crippen LogP contribution in [0.15, 0.2) is 18.3 Å². The van der Waals surface area contributed by atoms with E-state index in [1.54, 1.807) is 0 Å². The molecule has 0 radical (unpaired) electrons. The normalized spacial score (nSPS) is 28.1. The number of nitrogens with zero attached hydrogens (tertiary/aromatic N) is 3. The van der Waals surface area contributed by atoms with Crippen LogP contribution in [0.3, 0.4) is 0 Å². The number of hydrogen-bond donors (Lipinski definition) is 1. The van der Waals surface area contributed by atoms with Gasteiger partial charge in [-0.2, -0.15) is 0 Å². The first-order chi connectivity index (χ1) is 9.78. The van der Waals surface area contributed by atoms with Gasteiger partial charge in [0.15, 0.2) is 0 Å². The fraction of sp³-hybridized carbons (Fsp3) is 0.688. The quantitative estimate of drug-likeness (QED) is 0.915. The van der Waals surface area contributed by atoms with E-state index in [0.29, 0.717) is 6.04 Å². The lowest BCUT2D eigenvalue weighted by atomic mass is 9.97. The maximum absolute atomic E-state index is 4.42. The number of anilines is 1. The Morgan fingerprint density at radius 1 is 1.35 bits per heavy atom. The van der Waals surface area contributed by atoms with Crippen LogP contribution >= 0.6 is 0 Å². The third-order valence-electron chi connectivity index (χ3n) is 4.82. The predicted octanol–water partition coefficient (Wildman–Crippen LogP) is 2.18. The molecule has 2 unspecified atom stereocenters. The monoisotopic (exact) mass is 274 g/mol. The van der Waals surface area contributed by atoms with E-state index < -0.39 is 0 Å². The average molecular weight is 274 g/mol. The van der Waals surface area contributed by atoms with Gasteiger partial charge in [0.1, 0.15) is 5.82 Å². The molecule has 2 saturated heterocycles. The Kier molecular flexibility index (Phi) is 4.22. The standard InChI is InChI=1S/C16H26N4/c1-13-10-19-9-4-3-7-15(19)12-20(13)11-14-6-5-8-18-16(14)17-2/h5-6,8,13,15H,3-4,7,9-12H2,1-2H3,(H,17,18). The number of pyridine rings is 1. The second-order valence-electron chi connectivity index (χ2n) is 6.18. The van der Waals surface area contributed by atoms with Gasteiger partial charge >= 0.3 is 0 Å². The summed E-state index contributed by atoms with van der Waals surface area (Å²) in [4.78, 5) is 9.75. The van der Waals surface area contributed by atoms with Crippen molar-refractivity contribution in [1.82, 2.24) is 14.8 Å². The van der Waals surface area contributed by atoms with Gasteiger partial charge in [-0.1, -0.05) is 12.5 Å². The smallest absolute Gasteiger partial charge is 0.130 e. The molecule has 4 nitrogen and oxygen atoms in total. The molecule has 4 heteroatoms. The van der Waals surface area contributed by atoms with Gasteiger partial charge < -0.3 is 5.32 Å². The van der Waals surface area contributed by atoms with Gasteiger partial charge in [-0.25, -0.2) is 4.98 Å². The highest BCUT2D eigenvalue weighted by molar-refractivity contribution is 5.42. The molecule has 0 aromatic carbocycles. The number of piperazine rings is 1. The molecule has 0 aliphatic carbocycles. The SMILES string of the molecule is CNc1ncccc1CN1CC2CCCCN2CC1C. The fourth-order valence-corrected chi connectivity index (χ4v) is 3.64. The van der Waals surface area contributed by atoms with Crippen molar-refractivity contribution in [3.8, 4) is 0 Å². The van der Waals surface area contributed by atoms with Crippen LogP contribution in [-0.2, 0) is 6.54 Å². The lowest BCUT2D eigenvalue weighted by molar-refractivity contribution is 0.0111. The van der Waals surface area contributed by atoms with Gasteiger partial charge in [0, 0.05) is 50.5 Å². The lowest BCUT2D eigenvalue weighted by Gasteiger charge is -2.47. The molecule has 2 aliphatic heterocycles. The highest BCUT2D eigenvalue weighted by Crippen LogP contribution is 2.26. The maximum Gasteiger partial charge on any atom is 0.130 e. The third kappa shape index (κ3) is 2.81. The lowest BCUT2D eigenvalue weighted by Crippen LogP contribution is -2.58. The zero-order chi connectivity index (χ0) is 13.9. The minimum absolute atomic E-state index is 0.634. The Balaban J connectivity index is 1.70. The second kappa shape index (κ2) is 6.10.